The van der Waals surface area contributed by atoms with E-state index in [0.29, 0.717) is 0 Å². The molecule has 0 bridgehead atoms. The van der Waals surface area contributed by atoms with E-state index >= 15 is 0 Å². The Morgan fingerprint density at radius 1 is 1.28 bits per heavy atom. The van der Waals surface area contributed by atoms with E-state index in [2.05, 4.69) is 0 Å². The molecule has 18 heavy (non-hydrogen) atoms. The standard InChI is InChI=1S/C13H18F3NO/c1-3-9-6-5-7-10(8-9)18-12(11(17)4-2)13(14,15)16/h5-8,11-12H,3-4,17H2,1-2H3. The number of ether oxygens (including phenoxy) is 1. The molecule has 2 unspecified atom stereocenters. The number of nitrogens with two attached hydrogens (primary N) is 1. The average molecular weight is 261 g/mol. The third kappa shape index (κ3) is 3.91. The fourth-order valence-electron chi connectivity index (χ4n) is 1.60. The molecule has 0 radical (unpaired) electrons. The molecular weight excluding hydrogens is 243 g/mol. The summed E-state index contributed by atoms with van der Waals surface area (Å²) in [6.45, 7) is 3.54. The van der Waals surface area contributed by atoms with E-state index in [-0.39, 0.29) is 12.2 Å². The van der Waals surface area contributed by atoms with Gasteiger partial charge in [-0.3, -0.25) is 0 Å². The van der Waals surface area contributed by atoms with Crippen molar-refractivity contribution < 1.29 is 17.9 Å². The highest BCUT2D eigenvalue weighted by atomic mass is 19.4. The maximum absolute atomic E-state index is 12.8. The van der Waals surface area contributed by atoms with Crippen molar-refractivity contribution >= 4 is 0 Å². The van der Waals surface area contributed by atoms with Gasteiger partial charge in [-0.2, -0.15) is 13.2 Å². The Morgan fingerprint density at radius 3 is 2.44 bits per heavy atom. The van der Waals surface area contributed by atoms with Crippen molar-refractivity contribution in [3.63, 3.8) is 0 Å². The van der Waals surface area contributed by atoms with Crippen molar-refractivity contribution in [2.24, 2.45) is 5.73 Å². The van der Waals surface area contributed by atoms with Crippen molar-refractivity contribution in [2.45, 2.75) is 45.0 Å². The molecule has 2 N–H and O–H groups in total. The first-order valence-corrected chi connectivity index (χ1v) is 5.96. The van der Waals surface area contributed by atoms with E-state index in [1.807, 2.05) is 13.0 Å². The van der Waals surface area contributed by atoms with Gasteiger partial charge in [0, 0.05) is 0 Å². The number of hydrogen-bond acceptors (Lipinski definition) is 2. The maximum Gasteiger partial charge on any atom is 0.426 e. The van der Waals surface area contributed by atoms with Crippen molar-refractivity contribution in [3.8, 4) is 5.75 Å². The van der Waals surface area contributed by atoms with E-state index in [9.17, 15) is 13.2 Å². The predicted molar refractivity (Wildman–Crippen MR) is 64.6 cm³/mol. The van der Waals surface area contributed by atoms with Gasteiger partial charge in [0.25, 0.3) is 0 Å². The van der Waals surface area contributed by atoms with E-state index in [1.165, 1.54) is 6.07 Å². The number of halogens is 3. The Labute approximate surface area is 105 Å². The van der Waals surface area contributed by atoms with Crippen LogP contribution in [0.4, 0.5) is 13.2 Å². The topological polar surface area (TPSA) is 35.2 Å². The summed E-state index contributed by atoms with van der Waals surface area (Å²) < 4.78 is 43.5. The lowest BCUT2D eigenvalue weighted by molar-refractivity contribution is -0.200. The molecule has 0 aliphatic rings. The minimum Gasteiger partial charge on any atom is -0.479 e. The Hall–Kier alpha value is -1.23. The van der Waals surface area contributed by atoms with E-state index in [1.54, 1.807) is 19.1 Å². The van der Waals surface area contributed by atoms with Crippen LogP contribution >= 0.6 is 0 Å². The van der Waals surface area contributed by atoms with Crippen LogP contribution in [0.3, 0.4) is 0 Å². The molecule has 1 aromatic carbocycles. The van der Waals surface area contributed by atoms with Gasteiger partial charge in [-0.05, 0) is 30.5 Å². The first kappa shape index (κ1) is 14.8. The lowest BCUT2D eigenvalue weighted by Gasteiger charge is -2.26. The highest BCUT2D eigenvalue weighted by molar-refractivity contribution is 5.28. The molecule has 0 aliphatic carbocycles. The Morgan fingerprint density at radius 2 is 1.94 bits per heavy atom. The van der Waals surface area contributed by atoms with Gasteiger partial charge in [0.15, 0.2) is 0 Å². The zero-order valence-electron chi connectivity index (χ0n) is 10.5. The van der Waals surface area contributed by atoms with Crippen LogP contribution in [0.25, 0.3) is 0 Å². The molecule has 0 amide bonds. The largest absolute Gasteiger partial charge is 0.479 e. The fraction of sp³-hybridized carbons (Fsp3) is 0.538. The number of benzene rings is 1. The van der Waals surface area contributed by atoms with Crippen molar-refractivity contribution in [2.75, 3.05) is 0 Å². The van der Waals surface area contributed by atoms with Crippen LogP contribution in [0.1, 0.15) is 25.8 Å². The van der Waals surface area contributed by atoms with E-state index in [0.717, 1.165) is 12.0 Å². The maximum atomic E-state index is 12.8. The number of hydrogen-bond donors (Lipinski definition) is 1. The van der Waals surface area contributed by atoms with Gasteiger partial charge in [0.1, 0.15) is 5.75 Å². The van der Waals surface area contributed by atoms with Crippen LogP contribution in [-0.4, -0.2) is 18.3 Å². The van der Waals surface area contributed by atoms with E-state index < -0.39 is 18.3 Å². The van der Waals surface area contributed by atoms with Crippen LogP contribution < -0.4 is 10.5 Å². The van der Waals surface area contributed by atoms with Gasteiger partial charge in [0.05, 0.1) is 6.04 Å². The Bertz CT molecular complexity index is 379. The lowest BCUT2D eigenvalue weighted by Crippen LogP contribution is -2.48. The molecule has 0 saturated heterocycles. The monoisotopic (exact) mass is 261 g/mol. The van der Waals surface area contributed by atoms with Gasteiger partial charge in [0.2, 0.25) is 6.10 Å². The summed E-state index contributed by atoms with van der Waals surface area (Å²) >= 11 is 0. The third-order valence-corrected chi connectivity index (χ3v) is 2.75. The van der Waals surface area contributed by atoms with Gasteiger partial charge in [-0.1, -0.05) is 26.0 Å². The quantitative estimate of drug-likeness (QED) is 0.882. The second kappa shape index (κ2) is 6.09. The SMILES string of the molecule is CCc1cccc(OC(C(N)CC)C(F)(F)F)c1. The van der Waals surface area contributed by atoms with Gasteiger partial charge < -0.3 is 10.5 Å². The van der Waals surface area contributed by atoms with Crippen molar-refractivity contribution in [1.29, 1.82) is 0 Å². The van der Waals surface area contributed by atoms with Crippen LogP contribution in [0.2, 0.25) is 0 Å². The molecule has 0 fully saturated rings. The van der Waals surface area contributed by atoms with Gasteiger partial charge in [-0.25, -0.2) is 0 Å². The highest BCUT2D eigenvalue weighted by Crippen LogP contribution is 2.28. The van der Waals surface area contributed by atoms with Crippen molar-refractivity contribution in [1.82, 2.24) is 0 Å². The summed E-state index contributed by atoms with van der Waals surface area (Å²) in [5.41, 5.74) is 6.41. The second-order valence-corrected chi connectivity index (χ2v) is 4.15. The molecule has 0 spiro atoms. The van der Waals surface area contributed by atoms with Gasteiger partial charge >= 0.3 is 6.18 Å². The number of alkyl halides is 3. The summed E-state index contributed by atoms with van der Waals surface area (Å²) in [6.07, 6.45) is -5.47. The molecule has 2 atom stereocenters. The average Bonchev–Trinajstić information content (AvgIpc) is 2.34. The zero-order valence-corrected chi connectivity index (χ0v) is 10.5. The molecule has 0 aromatic heterocycles. The highest BCUT2D eigenvalue weighted by Gasteiger charge is 2.45. The van der Waals surface area contributed by atoms with Crippen LogP contribution in [0.5, 0.6) is 5.75 Å². The Balaban J connectivity index is 2.89. The molecule has 1 rings (SSSR count). The summed E-state index contributed by atoms with van der Waals surface area (Å²) in [5, 5.41) is 0. The summed E-state index contributed by atoms with van der Waals surface area (Å²) in [4.78, 5) is 0. The van der Waals surface area contributed by atoms with E-state index in [4.69, 9.17) is 10.5 Å². The minimum atomic E-state index is -4.46. The molecular formula is C13H18F3NO. The van der Waals surface area contributed by atoms with Crippen molar-refractivity contribution in [3.05, 3.63) is 29.8 Å². The second-order valence-electron chi connectivity index (χ2n) is 4.15. The first-order valence-electron chi connectivity index (χ1n) is 5.96. The molecule has 5 heteroatoms. The Kier molecular flexibility index (Phi) is 5.02. The summed E-state index contributed by atoms with van der Waals surface area (Å²) in [6, 6.07) is 5.59. The third-order valence-electron chi connectivity index (χ3n) is 2.75. The first-order chi connectivity index (χ1) is 8.38. The van der Waals surface area contributed by atoms with Gasteiger partial charge in [-0.15, -0.1) is 0 Å². The summed E-state index contributed by atoms with van der Waals surface area (Å²) in [5.74, 6) is 0.209. The zero-order chi connectivity index (χ0) is 13.8. The smallest absolute Gasteiger partial charge is 0.426 e. The minimum absolute atomic E-state index is 0.206. The van der Waals surface area contributed by atoms with Crippen LogP contribution in [-0.2, 0) is 6.42 Å². The lowest BCUT2D eigenvalue weighted by atomic mass is 10.1. The normalized spacial score (nSPS) is 15.2. The number of aryl methyl sites for hydroxylation is 1. The predicted octanol–water partition coefficient (Wildman–Crippen LogP) is 3.30. The van der Waals surface area contributed by atoms with Crippen LogP contribution in [0.15, 0.2) is 24.3 Å². The number of rotatable bonds is 5. The molecule has 1 aromatic rings. The molecule has 102 valence electrons. The molecule has 0 aliphatic heterocycles. The summed E-state index contributed by atoms with van der Waals surface area (Å²) in [7, 11) is 0. The molecule has 2 nitrogen and oxygen atoms in total. The fourth-order valence-corrected chi connectivity index (χ4v) is 1.60. The molecule has 0 saturated carbocycles. The molecule has 0 heterocycles. The van der Waals surface area contributed by atoms with Crippen LogP contribution in [0, 0.1) is 0 Å².